The summed E-state index contributed by atoms with van der Waals surface area (Å²) in [5.41, 5.74) is 2.19. The first-order chi connectivity index (χ1) is 19.0. The molecule has 6 nitrogen and oxygen atoms in total. The van der Waals surface area contributed by atoms with Crippen molar-refractivity contribution in [2.75, 3.05) is 19.6 Å². The number of benzene rings is 3. The predicted octanol–water partition coefficient (Wildman–Crippen LogP) is 5.66. The fourth-order valence-corrected chi connectivity index (χ4v) is 5.12. The Kier molecular flexibility index (Phi) is 9.32. The highest BCUT2D eigenvalue weighted by Crippen LogP contribution is 2.35. The maximum atomic E-state index is 13.6. The lowest BCUT2D eigenvalue weighted by atomic mass is 9.85. The van der Waals surface area contributed by atoms with Gasteiger partial charge >= 0.3 is 6.36 Å². The molecular formula is C29H28ClF4N3O3. The normalized spacial score (nSPS) is 17.4. The zero-order valence-corrected chi connectivity index (χ0v) is 22.4. The standard InChI is InChI=1S/C29H28ClF4N3O3/c1-18(38)35-16-28(39)37-12-11-26(24(17-37)19-5-3-2-4-6-19)36-15-21-13-20(7-10-27(21)40-29(32,33)34)23-9-8-22(31)14-25(23)30/h2-10,13-14,24,26,36H,11-12,15-17H2,1H3,(H,35,38). The van der Waals surface area contributed by atoms with E-state index in [0.29, 0.717) is 30.6 Å². The number of carbonyl (C=O) groups excluding carboxylic acids is 2. The molecule has 0 radical (unpaired) electrons. The van der Waals surface area contributed by atoms with E-state index in [1.54, 1.807) is 4.90 Å². The third kappa shape index (κ3) is 7.73. The summed E-state index contributed by atoms with van der Waals surface area (Å²) in [5.74, 6) is -1.55. The number of alkyl halides is 3. The molecule has 0 bridgehead atoms. The van der Waals surface area contributed by atoms with Crippen LogP contribution in [-0.4, -0.2) is 48.8 Å². The van der Waals surface area contributed by atoms with Crippen LogP contribution in [0.4, 0.5) is 17.6 Å². The van der Waals surface area contributed by atoms with E-state index in [0.717, 1.165) is 11.6 Å². The Morgan fingerprint density at radius 3 is 2.50 bits per heavy atom. The summed E-state index contributed by atoms with van der Waals surface area (Å²) in [6, 6.07) is 17.4. The highest BCUT2D eigenvalue weighted by Gasteiger charge is 2.34. The quantitative estimate of drug-likeness (QED) is 0.339. The van der Waals surface area contributed by atoms with Crippen LogP contribution in [0.5, 0.6) is 5.75 Å². The topological polar surface area (TPSA) is 70.7 Å². The molecule has 4 rings (SSSR count). The van der Waals surface area contributed by atoms with E-state index in [1.807, 2.05) is 30.3 Å². The Bertz CT molecular complexity index is 1350. The number of hydrogen-bond donors (Lipinski definition) is 2. The van der Waals surface area contributed by atoms with Crippen molar-refractivity contribution in [2.45, 2.75) is 38.2 Å². The van der Waals surface area contributed by atoms with Crippen LogP contribution in [0.15, 0.2) is 66.7 Å². The molecule has 3 aromatic carbocycles. The number of likely N-dealkylation sites (tertiary alicyclic amines) is 1. The molecule has 3 aromatic rings. The van der Waals surface area contributed by atoms with Crippen molar-refractivity contribution in [2.24, 2.45) is 0 Å². The number of hydrogen-bond acceptors (Lipinski definition) is 4. The van der Waals surface area contributed by atoms with Gasteiger partial charge in [-0.3, -0.25) is 9.59 Å². The molecule has 1 saturated heterocycles. The van der Waals surface area contributed by atoms with Crippen LogP contribution in [0.3, 0.4) is 0 Å². The molecule has 0 aromatic heterocycles. The summed E-state index contributed by atoms with van der Waals surface area (Å²) in [5, 5.41) is 6.03. The van der Waals surface area contributed by atoms with Crippen molar-refractivity contribution in [1.82, 2.24) is 15.5 Å². The fourth-order valence-electron chi connectivity index (χ4n) is 4.85. The van der Waals surface area contributed by atoms with E-state index in [2.05, 4.69) is 15.4 Å². The fraction of sp³-hybridized carbons (Fsp3) is 0.310. The molecule has 2 amide bonds. The number of halogens is 5. The average molecular weight is 578 g/mol. The van der Waals surface area contributed by atoms with Crippen LogP contribution >= 0.6 is 11.6 Å². The molecule has 212 valence electrons. The van der Waals surface area contributed by atoms with E-state index < -0.39 is 12.2 Å². The van der Waals surface area contributed by atoms with E-state index in [4.69, 9.17) is 11.6 Å². The molecule has 2 N–H and O–H groups in total. The van der Waals surface area contributed by atoms with Crippen LogP contribution in [0.1, 0.15) is 30.4 Å². The monoisotopic (exact) mass is 577 g/mol. The van der Waals surface area contributed by atoms with E-state index >= 15 is 0 Å². The van der Waals surface area contributed by atoms with E-state index in [9.17, 15) is 27.2 Å². The van der Waals surface area contributed by atoms with Gasteiger partial charge in [0.15, 0.2) is 0 Å². The van der Waals surface area contributed by atoms with Gasteiger partial charge in [0.25, 0.3) is 0 Å². The Morgan fingerprint density at radius 2 is 1.82 bits per heavy atom. The maximum absolute atomic E-state index is 13.6. The van der Waals surface area contributed by atoms with Crippen molar-refractivity contribution in [1.29, 1.82) is 0 Å². The summed E-state index contributed by atoms with van der Waals surface area (Å²) >= 11 is 6.21. The molecule has 1 fully saturated rings. The van der Waals surface area contributed by atoms with Gasteiger partial charge in [0.2, 0.25) is 11.8 Å². The lowest BCUT2D eigenvalue weighted by molar-refractivity contribution is -0.274. The summed E-state index contributed by atoms with van der Waals surface area (Å²) in [7, 11) is 0. The molecule has 11 heteroatoms. The second-order valence-electron chi connectivity index (χ2n) is 9.54. The largest absolute Gasteiger partial charge is 0.573 e. The Hall–Kier alpha value is -3.63. The molecule has 2 unspecified atom stereocenters. The number of amides is 2. The molecule has 1 aliphatic rings. The predicted molar refractivity (Wildman–Crippen MR) is 143 cm³/mol. The van der Waals surface area contributed by atoms with Crippen molar-refractivity contribution in [3.8, 4) is 16.9 Å². The van der Waals surface area contributed by atoms with Gasteiger partial charge in [0.05, 0.1) is 11.6 Å². The molecule has 0 saturated carbocycles. The van der Waals surface area contributed by atoms with E-state index in [1.165, 1.54) is 37.3 Å². The third-order valence-corrected chi connectivity index (χ3v) is 7.08. The van der Waals surface area contributed by atoms with Gasteiger partial charge in [0, 0.05) is 49.6 Å². The molecule has 1 heterocycles. The van der Waals surface area contributed by atoms with Crippen LogP contribution in [-0.2, 0) is 16.1 Å². The zero-order valence-electron chi connectivity index (χ0n) is 21.6. The van der Waals surface area contributed by atoms with Gasteiger partial charge in [-0.25, -0.2) is 4.39 Å². The van der Waals surface area contributed by atoms with Crippen molar-refractivity contribution in [3.63, 3.8) is 0 Å². The van der Waals surface area contributed by atoms with Gasteiger partial charge in [-0.15, -0.1) is 13.2 Å². The number of ether oxygens (including phenoxy) is 1. The molecule has 0 spiro atoms. The first kappa shape index (κ1) is 29.4. The lowest BCUT2D eigenvalue weighted by Crippen LogP contribution is -2.51. The second kappa shape index (κ2) is 12.7. The SMILES string of the molecule is CC(=O)NCC(=O)N1CCC(NCc2cc(-c3ccc(F)cc3Cl)ccc2OC(F)(F)F)C(c2ccccc2)C1. The van der Waals surface area contributed by atoms with Crippen LogP contribution in [0, 0.1) is 5.82 Å². The smallest absolute Gasteiger partial charge is 0.405 e. The summed E-state index contributed by atoms with van der Waals surface area (Å²) < 4.78 is 57.5. The van der Waals surface area contributed by atoms with Gasteiger partial charge in [-0.1, -0.05) is 48.0 Å². The second-order valence-corrected chi connectivity index (χ2v) is 9.94. The van der Waals surface area contributed by atoms with Crippen LogP contribution in [0.2, 0.25) is 5.02 Å². The van der Waals surface area contributed by atoms with Crippen LogP contribution in [0.25, 0.3) is 11.1 Å². The first-order valence-corrected chi connectivity index (χ1v) is 13.0. The maximum Gasteiger partial charge on any atom is 0.573 e. The molecule has 2 atom stereocenters. The Balaban J connectivity index is 1.58. The minimum atomic E-state index is -4.89. The van der Waals surface area contributed by atoms with Gasteiger partial charge in [-0.05, 0) is 47.9 Å². The summed E-state index contributed by atoms with van der Waals surface area (Å²) in [6.07, 6.45) is -4.36. The van der Waals surface area contributed by atoms with Gasteiger partial charge in [0.1, 0.15) is 11.6 Å². The minimum Gasteiger partial charge on any atom is -0.405 e. The number of rotatable bonds is 8. The van der Waals surface area contributed by atoms with Crippen LogP contribution < -0.4 is 15.4 Å². The highest BCUT2D eigenvalue weighted by molar-refractivity contribution is 6.33. The van der Waals surface area contributed by atoms with Crippen molar-refractivity contribution >= 4 is 23.4 Å². The highest BCUT2D eigenvalue weighted by atomic mass is 35.5. The zero-order chi connectivity index (χ0) is 28.9. The first-order valence-electron chi connectivity index (χ1n) is 12.6. The number of nitrogens with one attached hydrogen (secondary N) is 2. The molecule has 40 heavy (non-hydrogen) atoms. The number of carbonyl (C=O) groups is 2. The van der Waals surface area contributed by atoms with Crippen molar-refractivity contribution < 1.29 is 31.9 Å². The lowest BCUT2D eigenvalue weighted by Gasteiger charge is -2.39. The average Bonchev–Trinajstić information content (AvgIpc) is 2.91. The van der Waals surface area contributed by atoms with E-state index in [-0.39, 0.29) is 53.2 Å². The molecule has 0 aliphatic carbocycles. The summed E-state index contributed by atoms with van der Waals surface area (Å²) in [6.45, 7) is 2.05. The molecular weight excluding hydrogens is 550 g/mol. The Morgan fingerprint density at radius 1 is 1.07 bits per heavy atom. The van der Waals surface area contributed by atoms with Crippen molar-refractivity contribution in [3.05, 3.63) is 88.7 Å². The number of nitrogens with zero attached hydrogens (tertiary/aromatic N) is 1. The minimum absolute atomic E-state index is 0.0336. The summed E-state index contributed by atoms with van der Waals surface area (Å²) in [4.78, 5) is 25.6. The Labute approximate surface area is 234 Å². The van der Waals surface area contributed by atoms with Gasteiger partial charge < -0.3 is 20.3 Å². The molecule has 1 aliphatic heterocycles. The number of piperidine rings is 1. The third-order valence-electron chi connectivity index (χ3n) is 6.76. The van der Waals surface area contributed by atoms with Gasteiger partial charge in [-0.2, -0.15) is 0 Å².